The first-order chi connectivity index (χ1) is 37.4. The molecule has 0 saturated carbocycles. The van der Waals surface area contributed by atoms with Crippen molar-refractivity contribution in [2.45, 2.75) is 278 Å². The molecular formula is C55H98N2O21. The molecule has 23 nitrogen and oxygen atoms in total. The monoisotopic (exact) mass is 1120 g/mol. The number of hydrogen-bond acceptors (Lipinski definition) is 20. The number of unbranched alkanes of at least 4 members (excludes halogenated alkanes) is 18. The van der Waals surface area contributed by atoms with E-state index in [9.17, 15) is 75.7 Å². The van der Waals surface area contributed by atoms with E-state index in [1.807, 2.05) is 6.08 Å². The van der Waals surface area contributed by atoms with Crippen molar-refractivity contribution in [3.8, 4) is 0 Å². The molecule has 3 fully saturated rings. The predicted molar refractivity (Wildman–Crippen MR) is 283 cm³/mol. The normalized spacial score (nSPS) is 31.3. The van der Waals surface area contributed by atoms with Crippen molar-refractivity contribution in [1.29, 1.82) is 0 Å². The second kappa shape index (κ2) is 38.1. The largest absolute Gasteiger partial charge is 0.477 e. The van der Waals surface area contributed by atoms with E-state index < -0.39 is 155 Å². The summed E-state index contributed by atoms with van der Waals surface area (Å²) in [7, 11) is 0. The van der Waals surface area contributed by atoms with Crippen molar-refractivity contribution < 1.29 is 104 Å². The van der Waals surface area contributed by atoms with Gasteiger partial charge in [-0.05, 0) is 44.9 Å². The van der Waals surface area contributed by atoms with Gasteiger partial charge in [-0.2, -0.15) is 0 Å². The number of nitrogens with one attached hydrogen (secondary N) is 2. The number of hydrogen-bond donors (Lipinski definition) is 14. The highest BCUT2D eigenvalue weighted by Crippen LogP contribution is 2.38. The number of ether oxygens (including phenoxy) is 6. The Morgan fingerprint density at radius 3 is 1.77 bits per heavy atom. The minimum atomic E-state index is -3.08. The van der Waals surface area contributed by atoms with Crippen LogP contribution < -0.4 is 10.6 Å². The molecule has 23 heteroatoms. The third-order valence-electron chi connectivity index (χ3n) is 14.6. The molecule has 0 aromatic rings. The number of carboxylic acids is 1. The number of allylic oxidation sites excluding steroid dienone is 3. The number of aliphatic hydroxyl groups excluding tert-OH is 11. The van der Waals surface area contributed by atoms with E-state index in [-0.39, 0.29) is 12.3 Å². The molecule has 14 N–H and O–H groups in total. The van der Waals surface area contributed by atoms with Crippen molar-refractivity contribution in [2.24, 2.45) is 0 Å². The Bertz CT molecular complexity index is 1710. The molecule has 3 rings (SSSR count). The summed E-state index contributed by atoms with van der Waals surface area (Å²) in [4.78, 5) is 38.3. The Balaban J connectivity index is 1.71. The maximum atomic E-state index is 13.3. The lowest BCUT2D eigenvalue weighted by Gasteiger charge is -2.50. The summed E-state index contributed by atoms with van der Waals surface area (Å²) < 4.78 is 34.6. The number of amides is 2. The second-order valence-corrected chi connectivity index (χ2v) is 21.1. The van der Waals surface area contributed by atoms with E-state index in [4.69, 9.17) is 28.4 Å². The van der Waals surface area contributed by atoms with Crippen LogP contribution in [0.2, 0.25) is 0 Å². The number of carbonyl (C=O) groups is 3. The first-order valence-corrected chi connectivity index (χ1v) is 28.7. The SMILES string of the molecule is CCCCC/C=C\CCCCCCCC(=O)NC(COC1OC(CO)C(OC2OC(CO)C(O)C(OC3(C(=O)O)CC(O)C(NC(C)=O)C(C(O)C(O)CO)O3)C2O)C(O)C1O)C(O)/C=C/CCCCCCCCCCCC. The molecule has 0 aromatic carbocycles. The van der Waals surface area contributed by atoms with Gasteiger partial charge >= 0.3 is 5.97 Å². The molecule has 18 atom stereocenters. The molecule has 0 bridgehead atoms. The van der Waals surface area contributed by atoms with E-state index in [1.54, 1.807) is 6.08 Å². The Morgan fingerprint density at radius 1 is 0.667 bits per heavy atom. The van der Waals surface area contributed by atoms with Gasteiger partial charge in [-0.25, -0.2) is 4.79 Å². The second-order valence-electron chi connectivity index (χ2n) is 21.1. The van der Waals surface area contributed by atoms with Gasteiger partial charge in [0.15, 0.2) is 12.6 Å². The number of aliphatic carboxylic acids is 1. The van der Waals surface area contributed by atoms with E-state index in [2.05, 4.69) is 36.6 Å². The average molecular weight is 1120 g/mol. The fourth-order valence-electron chi connectivity index (χ4n) is 9.93. The summed E-state index contributed by atoms with van der Waals surface area (Å²) in [6.07, 6.45) is 1.25. The van der Waals surface area contributed by atoms with E-state index in [0.717, 1.165) is 64.7 Å². The number of rotatable bonds is 40. The predicted octanol–water partition coefficient (Wildman–Crippen LogP) is 1.38. The average Bonchev–Trinajstić information content (AvgIpc) is 3.46. The maximum absolute atomic E-state index is 13.3. The summed E-state index contributed by atoms with van der Waals surface area (Å²) in [5.41, 5.74) is 0. The molecular weight excluding hydrogens is 1020 g/mol. The molecule has 0 aromatic heterocycles. The third-order valence-corrected chi connectivity index (χ3v) is 14.6. The zero-order valence-corrected chi connectivity index (χ0v) is 46.3. The summed E-state index contributed by atoms with van der Waals surface area (Å²) in [6, 6.07) is -2.62. The molecule has 78 heavy (non-hydrogen) atoms. The molecule has 0 aliphatic carbocycles. The van der Waals surface area contributed by atoms with Gasteiger partial charge in [-0.3, -0.25) is 9.59 Å². The zero-order chi connectivity index (χ0) is 57.6. The van der Waals surface area contributed by atoms with Gasteiger partial charge in [0, 0.05) is 19.8 Å². The van der Waals surface area contributed by atoms with Crippen molar-refractivity contribution in [3.05, 3.63) is 24.3 Å². The van der Waals surface area contributed by atoms with Crippen molar-refractivity contribution >= 4 is 17.8 Å². The van der Waals surface area contributed by atoms with Crippen LogP contribution in [-0.4, -0.2) is 215 Å². The van der Waals surface area contributed by atoms with Gasteiger partial charge < -0.3 is 100 Å². The van der Waals surface area contributed by atoms with Crippen LogP contribution >= 0.6 is 0 Å². The summed E-state index contributed by atoms with van der Waals surface area (Å²) >= 11 is 0. The number of carbonyl (C=O) groups excluding carboxylic acids is 2. The quantitative estimate of drug-likeness (QED) is 0.0304. The lowest BCUT2D eigenvalue weighted by molar-refractivity contribution is -0.386. The highest BCUT2D eigenvalue weighted by molar-refractivity contribution is 5.77. The Kier molecular flexibility index (Phi) is 33.9. The molecule has 2 amide bonds. The van der Waals surface area contributed by atoms with Crippen LogP contribution in [-0.2, 0) is 42.8 Å². The van der Waals surface area contributed by atoms with Gasteiger partial charge in [0.05, 0.1) is 50.7 Å². The van der Waals surface area contributed by atoms with Crippen LogP contribution in [0.15, 0.2) is 24.3 Å². The summed E-state index contributed by atoms with van der Waals surface area (Å²) in [6.45, 7) is 2.02. The molecule has 3 saturated heterocycles. The fourth-order valence-corrected chi connectivity index (χ4v) is 9.93. The Hall–Kier alpha value is -2.79. The lowest BCUT2D eigenvalue weighted by atomic mass is 9.88. The molecule has 18 unspecified atom stereocenters. The minimum absolute atomic E-state index is 0.189. The van der Waals surface area contributed by atoms with Crippen LogP contribution in [0, 0.1) is 0 Å². The lowest BCUT2D eigenvalue weighted by Crippen LogP contribution is -2.70. The molecule has 3 aliphatic heterocycles. The molecule has 0 spiro atoms. The van der Waals surface area contributed by atoms with Crippen LogP contribution in [0.3, 0.4) is 0 Å². The van der Waals surface area contributed by atoms with Crippen LogP contribution in [0.25, 0.3) is 0 Å². The summed E-state index contributed by atoms with van der Waals surface area (Å²) in [5.74, 6) is -6.16. The van der Waals surface area contributed by atoms with Crippen molar-refractivity contribution in [1.82, 2.24) is 10.6 Å². The first kappa shape index (κ1) is 69.5. The standard InChI is InChI=1S/C55H98N2O21/c1-4-6-8-10-12-14-16-18-20-22-24-26-28-37(62)36(57-42(65)29-27-25-23-21-19-17-15-13-11-9-7-5-2)34-73-52-47(69)46(68)49(41(33-60)75-52)76-53-48(70)51(45(67)40(32-59)74-53)78-55(54(71)72)30-38(63)43(56-35(3)61)50(77-55)44(66)39(64)31-58/h13,15,26,28,36-41,43-53,58-60,62-64,66-70H,4-12,14,16-25,27,29-34H2,1-3H3,(H,56,61)(H,57,65)(H,71,72)/b15-13-,28-26+. The Labute approximate surface area is 460 Å². The van der Waals surface area contributed by atoms with E-state index >= 15 is 0 Å². The Morgan fingerprint density at radius 2 is 1.21 bits per heavy atom. The van der Waals surface area contributed by atoms with Crippen molar-refractivity contribution in [3.63, 3.8) is 0 Å². The zero-order valence-electron chi connectivity index (χ0n) is 46.3. The van der Waals surface area contributed by atoms with Crippen LogP contribution in [0.1, 0.15) is 168 Å². The van der Waals surface area contributed by atoms with E-state index in [0.29, 0.717) is 12.8 Å². The van der Waals surface area contributed by atoms with Gasteiger partial charge in [0.2, 0.25) is 11.8 Å². The highest BCUT2D eigenvalue weighted by Gasteiger charge is 2.60. The van der Waals surface area contributed by atoms with Crippen LogP contribution in [0.4, 0.5) is 0 Å². The highest BCUT2D eigenvalue weighted by atomic mass is 16.8. The number of aliphatic hydroxyl groups is 11. The van der Waals surface area contributed by atoms with Gasteiger partial charge in [-0.1, -0.05) is 128 Å². The fraction of sp³-hybridized carbons (Fsp3) is 0.873. The topological polar surface area (TPSA) is 373 Å². The molecule has 454 valence electrons. The molecule has 0 radical (unpaired) electrons. The summed E-state index contributed by atoms with van der Waals surface area (Å²) in [5, 5.41) is 135. The maximum Gasteiger partial charge on any atom is 0.364 e. The van der Waals surface area contributed by atoms with Crippen molar-refractivity contribution in [2.75, 3.05) is 26.4 Å². The molecule has 3 heterocycles. The van der Waals surface area contributed by atoms with Gasteiger partial charge in [-0.15, -0.1) is 0 Å². The molecule has 3 aliphatic rings. The van der Waals surface area contributed by atoms with Crippen LogP contribution in [0.5, 0.6) is 0 Å². The first-order valence-electron chi connectivity index (χ1n) is 28.7. The van der Waals surface area contributed by atoms with E-state index in [1.165, 1.54) is 64.2 Å². The number of carboxylic acid groups (broad SMARTS) is 1. The van der Waals surface area contributed by atoms with Gasteiger partial charge in [0.25, 0.3) is 5.79 Å². The smallest absolute Gasteiger partial charge is 0.364 e. The third kappa shape index (κ3) is 22.9. The minimum Gasteiger partial charge on any atom is -0.477 e. The van der Waals surface area contributed by atoms with Gasteiger partial charge in [0.1, 0.15) is 67.1 Å².